The maximum atomic E-state index is 6.37. The van der Waals surface area contributed by atoms with E-state index in [1.165, 1.54) is 13.0 Å². The number of likely N-dealkylation sites (tertiary alicyclic amines) is 1. The van der Waals surface area contributed by atoms with Crippen molar-refractivity contribution < 1.29 is 9.47 Å². The molecule has 0 amide bonds. The largest absolute Gasteiger partial charge is 0.491 e. The number of fused-ring (bicyclic) bond motifs is 3. The van der Waals surface area contributed by atoms with E-state index in [9.17, 15) is 0 Å². The molecular formula is C24H30N4O2. The van der Waals surface area contributed by atoms with Crippen LogP contribution in [0.2, 0.25) is 0 Å². The van der Waals surface area contributed by atoms with Crippen LogP contribution in [0.15, 0.2) is 48.8 Å². The van der Waals surface area contributed by atoms with Crippen LogP contribution in [-0.4, -0.2) is 53.2 Å². The van der Waals surface area contributed by atoms with Crippen molar-refractivity contribution in [3.8, 4) is 11.5 Å². The summed E-state index contributed by atoms with van der Waals surface area (Å²) in [6.45, 7) is 8.14. The quantitative estimate of drug-likeness (QED) is 0.837. The van der Waals surface area contributed by atoms with Crippen molar-refractivity contribution in [3.05, 3.63) is 60.1 Å². The van der Waals surface area contributed by atoms with Crippen LogP contribution < -0.4 is 14.8 Å². The molecule has 30 heavy (non-hydrogen) atoms. The lowest BCUT2D eigenvalue weighted by Gasteiger charge is -2.35. The molecule has 1 aromatic carbocycles. The topological polar surface area (TPSA) is 49.9 Å². The van der Waals surface area contributed by atoms with Crippen molar-refractivity contribution in [2.45, 2.75) is 45.0 Å². The number of nitrogens with zero attached hydrogens (tertiary/aromatic N) is 3. The van der Waals surface area contributed by atoms with Gasteiger partial charge in [-0.2, -0.15) is 0 Å². The number of rotatable bonds is 4. The number of benzene rings is 1. The molecule has 1 aromatic heterocycles. The van der Waals surface area contributed by atoms with Gasteiger partial charge in [0.2, 0.25) is 0 Å². The van der Waals surface area contributed by atoms with Gasteiger partial charge in [-0.1, -0.05) is 6.07 Å². The third kappa shape index (κ3) is 3.84. The Bertz CT molecular complexity index is 915. The molecule has 1 fully saturated rings. The number of ether oxygens (including phenoxy) is 2. The Morgan fingerprint density at radius 1 is 1.20 bits per heavy atom. The van der Waals surface area contributed by atoms with E-state index >= 15 is 0 Å². The van der Waals surface area contributed by atoms with Crippen molar-refractivity contribution in [1.82, 2.24) is 20.1 Å². The van der Waals surface area contributed by atoms with Crippen LogP contribution >= 0.6 is 0 Å². The zero-order valence-corrected chi connectivity index (χ0v) is 17.8. The molecule has 6 heteroatoms. The van der Waals surface area contributed by atoms with Gasteiger partial charge in [-0.15, -0.1) is 0 Å². The Hall–Kier alpha value is -2.73. The van der Waals surface area contributed by atoms with Crippen molar-refractivity contribution in [2.24, 2.45) is 0 Å². The highest BCUT2D eigenvalue weighted by Crippen LogP contribution is 2.38. The maximum Gasteiger partial charge on any atom is 0.130 e. The zero-order chi connectivity index (χ0) is 20.5. The Morgan fingerprint density at radius 3 is 2.97 bits per heavy atom. The van der Waals surface area contributed by atoms with Crippen LogP contribution in [0.3, 0.4) is 0 Å². The van der Waals surface area contributed by atoms with Crippen LogP contribution in [0, 0.1) is 0 Å². The second-order valence-corrected chi connectivity index (χ2v) is 8.56. The molecule has 2 atom stereocenters. The highest BCUT2D eigenvalue weighted by molar-refractivity contribution is 5.63. The molecule has 5 rings (SSSR count). The van der Waals surface area contributed by atoms with Gasteiger partial charge in [0.15, 0.2) is 0 Å². The SMILES string of the molecule is CC(C)N1CCCC(Oc2ccc3c(c2)OCCN2C=C(c4ccccn4)NC32)C1. The molecule has 158 valence electrons. The van der Waals surface area contributed by atoms with Gasteiger partial charge in [-0.05, 0) is 57.5 Å². The number of hydrogen-bond acceptors (Lipinski definition) is 6. The van der Waals surface area contributed by atoms with E-state index in [-0.39, 0.29) is 12.3 Å². The lowest BCUT2D eigenvalue weighted by molar-refractivity contribution is 0.0705. The smallest absolute Gasteiger partial charge is 0.130 e. The first-order valence-corrected chi connectivity index (χ1v) is 11.0. The summed E-state index contributed by atoms with van der Waals surface area (Å²) in [5.74, 6) is 1.80. The van der Waals surface area contributed by atoms with E-state index in [2.05, 4.69) is 58.3 Å². The number of pyridine rings is 1. The Kier molecular flexibility index (Phi) is 5.25. The minimum absolute atomic E-state index is 0.0552. The fraction of sp³-hybridized carbons (Fsp3) is 0.458. The van der Waals surface area contributed by atoms with Crippen molar-refractivity contribution in [2.75, 3.05) is 26.2 Å². The molecule has 1 saturated heterocycles. The molecule has 0 radical (unpaired) electrons. The molecule has 3 aliphatic rings. The first kappa shape index (κ1) is 19.2. The Balaban J connectivity index is 1.33. The fourth-order valence-corrected chi connectivity index (χ4v) is 4.54. The van der Waals surface area contributed by atoms with E-state index in [1.54, 1.807) is 0 Å². The third-order valence-electron chi connectivity index (χ3n) is 6.19. The van der Waals surface area contributed by atoms with E-state index in [0.29, 0.717) is 12.6 Å². The average molecular weight is 407 g/mol. The normalized spacial score (nSPS) is 23.7. The van der Waals surface area contributed by atoms with Crippen LogP contribution in [0.25, 0.3) is 5.70 Å². The maximum absolute atomic E-state index is 6.37. The summed E-state index contributed by atoms with van der Waals surface area (Å²) in [4.78, 5) is 9.27. The van der Waals surface area contributed by atoms with Crippen LogP contribution in [0.5, 0.6) is 11.5 Å². The van der Waals surface area contributed by atoms with Gasteiger partial charge in [0.25, 0.3) is 0 Å². The molecule has 4 heterocycles. The highest BCUT2D eigenvalue weighted by atomic mass is 16.5. The first-order chi connectivity index (χ1) is 14.7. The highest BCUT2D eigenvalue weighted by Gasteiger charge is 2.31. The summed E-state index contributed by atoms with van der Waals surface area (Å²) in [5, 5.41) is 3.62. The fourth-order valence-electron chi connectivity index (χ4n) is 4.54. The zero-order valence-electron chi connectivity index (χ0n) is 17.8. The Morgan fingerprint density at radius 2 is 2.13 bits per heavy atom. The molecule has 0 saturated carbocycles. The molecule has 0 aliphatic carbocycles. The minimum atomic E-state index is 0.0552. The summed E-state index contributed by atoms with van der Waals surface area (Å²) in [7, 11) is 0. The number of aromatic nitrogens is 1. The number of hydrogen-bond donors (Lipinski definition) is 1. The number of nitrogens with one attached hydrogen (secondary N) is 1. The van der Waals surface area contributed by atoms with E-state index in [4.69, 9.17) is 9.47 Å². The predicted octanol–water partition coefficient (Wildman–Crippen LogP) is 3.63. The molecule has 0 bridgehead atoms. The second kappa shape index (κ2) is 8.19. The standard InChI is InChI=1S/C24H30N4O2/c1-17(2)27-11-5-6-19(15-27)30-18-8-9-20-23(14-18)29-13-12-28-16-22(26-24(20)28)21-7-3-4-10-25-21/h3-4,7-10,14,16-17,19,24,26H,5-6,11-13,15H2,1-2H3. The summed E-state index contributed by atoms with van der Waals surface area (Å²) in [5.41, 5.74) is 3.14. The van der Waals surface area contributed by atoms with Gasteiger partial charge in [0, 0.05) is 36.6 Å². The van der Waals surface area contributed by atoms with E-state index < -0.39 is 0 Å². The van der Waals surface area contributed by atoms with Crippen molar-refractivity contribution >= 4 is 5.70 Å². The van der Waals surface area contributed by atoms with E-state index in [1.807, 2.05) is 24.4 Å². The molecule has 3 aliphatic heterocycles. The van der Waals surface area contributed by atoms with E-state index in [0.717, 1.165) is 48.0 Å². The average Bonchev–Trinajstić information content (AvgIpc) is 3.11. The van der Waals surface area contributed by atoms with Crippen LogP contribution in [-0.2, 0) is 0 Å². The third-order valence-corrected chi connectivity index (χ3v) is 6.19. The Labute approximate surface area is 178 Å². The molecule has 0 spiro atoms. The molecule has 2 aromatic rings. The summed E-state index contributed by atoms with van der Waals surface area (Å²) in [6, 6.07) is 12.8. The summed E-state index contributed by atoms with van der Waals surface area (Å²) in [6.07, 6.45) is 6.57. The molecule has 1 N–H and O–H groups in total. The van der Waals surface area contributed by atoms with Crippen molar-refractivity contribution in [1.29, 1.82) is 0 Å². The lowest BCUT2D eigenvalue weighted by Crippen LogP contribution is -2.44. The van der Waals surface area contributed by atoms with Gasteiger partial charge in [-0.3, -0.25) is 9.88 Å². The van der Waals surface area contributed by atoms with Gasteiger partial charge in [0.05, 0.1) is 17.9 Å². The second-order valence-electron chi connectivity index (χ2n) is 8.56. The minimum Gasteiger partial charge on any atom is -0.491 e. The van der Waals surface area contributed by atoms with Gasteiger partial charge < -0.3 is 19.7 Å². The van der Waals surface area contributed by atoms with Crippen LogP contribution in [0.1, 0.15) is 44.1 Å². The van der Waals surface area contributed by atoms with Gasteiger partial charge >= 0.3 is 0 Å². The van der Waals surface area contributed by atoms with Crippen molar-refractivity contribution in [3.63, 3.8) is 0 Å². The monoisotopic (exact) mass is 406 g/mol. The molecular weight excluding hydrogens is 376 g/mol. The van der Waals surface area contributed by atoms with Gasteiger partial charge in [-0.25, -0.2) is 0 Å². The predicted molar refractivity (Wildman–Crippen MR) is 117 cm³/mol. The summed E-state index contributed by atoms with van der Waals surface area (Å²) < 4.78 is 12.5. The van der Waals surface area contributed by atoms with Crippen LogP contribution in [0.4, 0.5) is 0 Å². The summed E-state index contributed by atoms with van der Waals surface area (Å²) >= 11 is 0. The molecule has 2 unspecified atom stereocenters. The first-order valence-electron chi connectivity index (χ1n) is 11.0. The number of piperidine rings is 1. The lowest BCUT2D eigenvalue weighted by atomic mass is 10.1. The van der Waals surface area contributed by atoms with Gasteiger partial charge in [0.1, 0.15) is 30.4 Å². The molecule has 6 nitrogen and oxygen atoms in total.